The highest BCUT2D eigenvalue weighted by molar-refractivity contribution is 8.00. The van der Waals surface area contributed by atoms with Crippen molar-refractivity contribution in [3.8, 4) is 0 Å². The van der Waals surface area contributed by atoms with Crippen LogP contribution < -0.4 is 10.2 Å². The van der Waals surface area contributed by atoms with Crippen molar-refractivity contribution in [3.63, 3.8) is 0 Å². The normalized spacial score (nSPS) is 17.0. The Morgan fingerprint density at radius 1 is 1.20 bits per heavy atom. The third-order valence-electron chi connectivity index (χ3n) is 4.43. The second-order valence-corrected chi connectivity index (χ2v) is 7.86. The lowest BCUT2D eigenvalue weighted by atomic mass is 10.1. The average Bonchev–Trinajstić information content (AvgIpc) is 2.68. The Balaban J connectivity index is 1.82. The maximum absolute atomic E-state index is 12.6. The maximum Gasteiger partial charge on any atom is 0.244 e. The number of benzene rings is 2. The molecular weight excluding hydrogens is 332 g/mol. The van der Waals surface area contributed by atoms with Gasteiger partial charge in [-0.1, -0.05) is 31.2 Å². The number of anilines is 2. The molecule has 1 heterocycles. The molecule has 1 aliphatic rings. The van der Waals surface area contributed by atoms with E-state index in [1.54, 1.807) is 16.7 Å². The first-order chi connectivity index (χ1) is 12.0. The SMILES string of the molecule is Cc1cccc(NC(=O)CN2C(=O)CC(C)Sc3ccccc32)c1C. The van der Waals surface area contributed by atoms with Crippen LogP contribution in [0.2, 0.25) is 0 Å². The molecule has 130 valence electrons. The number of thioether (sulfide) groups is 1. The number of aryl methyl sites for hydroxylation is 1. The van der Waals surface area contributed by atoms with Crippen LogP contribution in [0.25, 0.3) is 0 Å². The number of rotatable bonds is 3. The molecule has 0 bridgehead atoms. The molecule has 1 unspecified atom stereocenters. The van der Waals surface area contributed by atoms with Gasteiger partial charge < -0.3 is 10.2 Å². The van der Waals surface area contributed by atoms with Crippen molar-refractivity contribution >= 4 is 35.0 Å². The van der Waals surface area contributed by atoms with Gasteiger partial charge in [0.15, 0.2) is 0 Å². The van der Waals surface area contributed by atoms with Gasteiger partial charge in [0.25, 0.3) is 0 Å². The molecule has 0 fully saturated rings. The summed E-state index contributed by atoms with van der Waals surface area (Å²) in [5, 5.41) is 3.14. The molecule has 1 atom stereocenters. The molecule has 0 saturated heterocycles. The fourth-order valence-electron chi connectivity index (χ4n) is 2.92. The lowest BCUT2D eigenvalue weighted by molar-refractivity contribution is -0.121. The van der Waals surface area contributed by atoms with Gasteiger partial charge in [0.2, 0.25) is 11.8 Å². The van der Waals surface area contributed by atoms with Crippen molar-refractivity contribution < 1.29 is 9.59 Å². The van der Waals surface area contributed by atoms with Gasteiger partial charge in [-0.3, -0.25) is 9.59 Å². The van der Waals surface area contributed by atoms with E-state index in [0.29, 0.717) is 6.42 Å². The summed E-state index contributed by atoms with van der Waals surface area (Å²) in [5.41, 5.74) is 3.78. The van der Waals surface area contributed by atoms with Gasteiger partial charge in [0.1, 0.15) is 6.54 Å². The van der Waals surface area contributed by atoms with Crippen LogP contribution in [0.3, 0.4) is 0 Å². The maximum atomic E-state index is 12.6. The fourth-order valence-corrected chi connectivity index (χ4v) is 4.04. The number of carbonyl (C=O) groups is 2. The summed E-state index contributed by atoms with van der Waals surface area (Å²) in [5.74, 6) is -0.197. The number of fused-ring (bicyclic) bond motifs is 1. The van der Waals surface area contributed by atoms with Crippen LogP contribution in [0.5, 0.6) is 0 Å². The molecule has 2 aromatic rings. The molecule has 0 spiro atoms. The van der Waals surface area contributed by atoms with Crippen molar-refractivity contribution in [2.24, 2.45) is 0 Å². The average molecular weight is 354 g/mol. The van der Waals surface area contributed by atoms with Gasteiger partial charge in [-0.15, -0.1) is 11.8 Å². The summed E-state index contributed by atoms with van der Waals surface area (Å²) in [7, 11) is 0. The van der Waals surface area contributed by atoms with Crippen molar-refractivity contribution in [2.45, 2.75) is 37.3 Å². The molecular formula is C20H22N2O2S. The number of nitrogens with zero attached hydrogens (tertiary/aromatic N) is 1. The summed E-state index contributed by atoms with van der Waals surface area (Å²) in [6.45, 7) is 6.06. The largest absolute Gasteiger partial charge is 0.324 e. The fraction of sp³-hybridized carbons (Fsp3) is 0.300. The molecule has 2 aromatic carbocycles. The predicted molar refractivity (Wildman–Crippen MR) is 103 cm³/mol. The summed E-state index contributed by atoms with van der Waals surface area (Å²) in [6.07, 6.45) is 0.427. The minimum absolute atomic E-state index is 0.0129. The molecule has 25 heavy (non-hydrogen) atoms. The van der Waals surface area contributed by atoms with Gasteiger partial charge in [-0.05, 0) is 43.2 Å². The summed E-state index contributed by atoms with van der Waals surface area (Å²) < 4.78 is 0. The van der Waals surface area contributed by atoms with Crippen LogP contribution in [0.1, 0.15) is 24.5 Å². The van der Waals surface area contributed by atoms with Crippen molar-refractivity contribution in [3.05, 3.63) is 53.6 Å². The number of hydrogen-bond acceptors (Lipinski definition) is 3. The van der Waals surface area contributed by atoms with Crippen LogP contribution in [-0.2, 0) is 9.59 Å². The van der Waals surface area contributed by atoms with Gasteiger partial charge in [-0.2, -0.15) is 0 Å². The third-order valence-corrected chi connectivity index (χ3v) is 5.60. The smallest absolute Gasteiger partial charge is 0.244 e. The molecule has 1 N–H and O–H groups in total. The summed E-state index contributed by atoms with van der Waals surface area (Å²) >= 11 is 1.68. The Kier molecular flexibility index (Phi) is 5.13. The molecule has 0 aliphatic carbocycles. The van der Waals surface area contributed by atoms with E-state index in [1.165, 1.54) is 0 Å². The van der Waals surface area contributed by atoms with Crippen LogP contribution in [-0.4, -0.2) is 23.6 Å². The Hall–Kier alpha value is -2.27. The molecule has 0 radical (unpaired) electrons. The number of carbonyl (C=O) groups excluding carboxylic acids is 2. The van der Waals surface area contributed by atoms with Crippen LogP contribution in [0.15, 0.2) is 47.4 Å². The number of hydrogen-bond donors (Lipinski definition) is 1. The van der Waals surface area contributed by atoms with E-state index in [1.807, 2.05) is 63.2 Å². The van der Waals surface area contributed by atoms with Crippen LogP contribution in [0, 0.1) is 13.8 Å². The predicted octanol–water partition coefficient (Wildman–Crippen LogP) is 4.16. The second-order valence-electron chi connectivity index (χ2n) is 6.38. The molecule has 4 nitrogen and oxygen atoms in total. The van der Waals surface area contributed by atoms with Crippen molar-refractivity contribution in [1.29, 1.82) is 0 Å². The molecule has 0 saturated carbocycles. The molecule has 1 aliphatic heterocycles. The van der Waals surface area contributed by atoms with Crippen LogP contribution >= 0.6 is 11.8 Å². The first kappa shape index (κ1) is 17.5. The van der Waals surface area contributed by atoms with Gasteiger partial charge in [-0.25, -0.2) is 0 Å². The van der Waals surface area contributed by atoms with E-state index in [0.717, 1.165) is 27.4 Å². The monoisotopic (exact) mass is 354 g/mol. The second kappa shape index (κ2) is 7.31. The first-order valence-electron chi connectivity index (χ1n) is 8.38. The number of nitrogens with one attached hydrogen (secondary N) is 1. The quantitative estimate of drug-likeness (QED) is 0.900. The number of amides is 2. The summed E-state index contributed by atoms with van der Waals surface area (Å²) in [4.78, 5) is 27.9. The zero-order valence-electron chi connectivity index (χ0n) is 14.7. The molecule has 3 rings (SSSR count). The van der Waals surface area contributed by atoms with Gasteiger partial charge >= 0.3 is 0 Å². The van der Waals surface area contributed by atoms with Gasteiger partial charge in [0.05, 0.1) is 5.69 Å². The Bertz CT molecular complexity index is 819. The van der Waals surface area contributed by atoms with Gasteiger partial charge in [0, 0.05) is 22.3 Å². The van der Waals surface area contributed by atoms with Crippen molar-refractivity contribution in [2.75, 3.05) is 16.8 Å². The standard InChI is InChI=1S/C20H22N2O2S/c1-13-7-6-8-16(15(13)3)21-19(23)12-22-17-9-4-5-10-18(17)25-14(2)11-20(22)24/h4-10,14H,11-12H2,1-3H3,(H,21,23). The highest BCUT2D eigenvalue weighted by Gasteiger charge is 2.27. The molecule has 0 aromatic heterocycles. The topological polar surface area (TPSA) is 49.4 Å². The Morgan fingerprint density at radius 2 is 1.96 bits per heavy atom. The van der Waals surface area contributed by atoms with Crippen LogP contribution in [0.4, 0.5) is 11.4 Å². The van der Waals surface area contributed by atoms with E-state index in [9.17, 15) is 9.59 Å². The Morgan fingerprint density at radius 3 is 2.76 bits per heavy atom. The van der Waals surface area contributed by atoms with E-state index in [4.69, 9.17) is 0 Å². The third kappa shape index (κ3) is 3.87. The zero-order chi connectivity index (χ0) is 18.0. The highest BCUT2D eigenvalue weighted by atomic mass is 32.2. The lowest BCUT2D eigenvalue weighted by Crippen LogP contribution is -2.38. The van der Waals surface area contributed by atoms with E-state index >= 15 is 0 Å². The van der Waals surface area contributed by atoms with E-state index < -0.39 is 0 Å². The van der Waals surface area contributed by atoms with E-state index in [-0.39, 0.29) is 23.6 Å². The minimum atomic E-state index is -0.184. The zero-order valence-corrected chi connectivity index (χ0v) is 15.5. The molecule has 2 amide bonds. The first-order valence-corrected chi connectivity index (χ1v) is 9.26. The Labute approximate surface area is 152 Å². The minimum Gasteiger partial charge on any atom is -0.324 e. The van der Waals surface area contributed by atoms with E-state index in [2.05, 4.69) is 5.32 Å². The number of para-hydroxylation sites is 1. The highest BCUT2D eigenvalue weighted by Crippen LogP contribution is 2.37. The summed E-state index contributed by atoms with van der Waals surface area (Å²) in [6, 6.07) is 13.6. The van der Waals surface area contributed by atoms with Crippen molar-refractivity contribution in [1.82, 2.24) is 0 Å². The lowest BCUT2D eigenvalue weighted by Gasteiger charge is -2.22. The molecule has 5 heteroatoms.